The van der Waals surface area contributed by atoms with Gasteiger partial charge in [-0.15, -0.1) is 0 Å². The van der Waals surface area contributed by atoms with Crippen molar-refractivity contribution in [2.75, 3.05) is 6.61 Å². The molecule has 0 aliphatic carbocycles. The highest BCUT2D eigenvalue weighted by Crippen LogP contribution is 2.17. The molecule has 2 rings (SSSR count). The molecule has 1 N–H and O–H groups in total. The van der Waals surface area contributed by atoms with Gasteiger partial charge < -0.3 is 15.0 Å². The highest BCUT2D eigenvalue weighted by atomic mass is 19.1. The van der Waals surface area contributed by atoms with E-state index in [0.717, 1.165) is 11.1 Å². The predicted molar refractivity (Wildman–Crippen MR) is 111 cm³/mol. The van der Waals surface area contributed by atoms with Crippen molar-refractivity contribution in [3.05, 3.63) is 65.5 Å². The molecule has 0 bridgehead atoms. The van der Waals surface area contributed by atoms with Crippen LogP contribution in [0.2, 0.25) is 0 Å². The van der Waals surface area contributed by atoms with E-state index in [4.69, 9.17) is 4.74 Å². The Hall–Kier alpha value is -2.89. The van der Waals surface area contributed by atoms with Crippen LogP contribution in [0.25, 0.3) is 0 Å². The Balaban J connectivity index is 2.21. The van der Waals surface area contributed by atoms with E-state index < -0.39 is 11.9 Å². The van der Waals surface area contributed by atoms with E-state index in [1.807, 2.05) is 52.0 Å². The topological polar surface area (TPSA) is 58.6 Å². The number of benzene rings is 2. The van der Waals surface area contributed by atoms with Crippen molar-refractivity contribution in [2.45, 2.75) is 52.7 Å². The van der Waals surface area contributed by atoms with Crippen molar-refractivity contribution in [3.8, 4) is 5.75 Å². The molecular weight excluding hydrogens is 371 g/mol. The van der Waals surface area contributed by atoms with Crippen LogP contribution in [0.3, 0.4) is 0 Å². The maximum Gasteiger partial charge on any atom is 0.261 e. The van der Waals surface area contributed by atoms with Crippen LogP contribution >= 0.6 is 0 Å². The number of amides is 2. The first-order valence-electron chi connectivity index (χ1n) is 9.84. The Kier molecular flexibility index (Phi) is 8.19. The van der Waals surface area contributed by atoms with Gasteiger partial charge in [-0.05, 0) is 44.9 Å². The molecule has 6 heteroatoms. The molecule has 156 valence electrons. The van der Waals surface area contributed by atoms with Crippen LogP contribution in [0.15, 0.2) is 48.5 Å². The predicted octanol–water partition coefficient (Wildman–Crippen LogP) is 3.84. The van der Waals surface area contributed by atoms with Gasteiger partial charge in [-0.3, -0.25) is 9.59 Å². The Labute approximate surface area is 171 Å². The summed E-state index contributed by atoms with van der Waals surface area (Å²) in [6.45, 7) is 7.51. The van der Waals surface area contributed by atoms with Crippen molar-refractivity contribution in [3.63, 3.8) is 0 Å². The quantitative estimate of drug-likeness (QED) is 0.696. The summed E-state index contributed by atoms with van der Waals surface area (Å²) in [5, 5.41) is 2.87. The van der Waals surface area contributed by atoms with Crippen molar-refractivity contribution in [1.29, 1.82) is 0 Å². The van der Waals surface area contributed by atoms with Crippen molar-refractivity contribution in [2.24, 2.45) is 0 Å². The van der Waals surface area contributed by atoms with Crippen LogP contribution in [0.4, 0.5) is 4.39 Å². The van der Waals surface area contributed by atoms with E-state index in [1.54, 1.807) is 12.1 Å². The number of para-hydroxylation sites is 1. The molecule has 5 nitrogen and oxygen atoms in total. The number of halogens is 1. The summed E-state index contributed by atoms with van der Waals surface area (Å²) in [5.41, 5.74) is 2.02. The number of aryl methyl sites for hydroxylation is 1. The van der Waals surface area contributed by atoms with Crippen molar-refractivity contribution < 1.29 is 18.7 Å². The molecule has 0 spiro atoms. The molecule has 0 radical (unpaired) electrons. The van der Waals surface area contributed by atoms with Gasteiger partial charge in [-0.2, -0.15) is 0 Å². The maximum absolute atomic E-state index is 13.8. The molecule has 2 aromatic rings. The van der Waals surface area contributed by atoms with Crippen LogP contribution in [-0.2, 0) is 16.1 Å². The summed E-state index contributed by atoms with van der Waals surface area (Å²) in [4.78, 5) is 27.2. The van der Waals surface area contributed by atoms with E-state index in [0.29, 0.717) is 6.42 Å². The third-order valence-electron chi connectivity index (χ3n) is 4.48. The second-order valence-corrected chi connectivity index (χ2v) is 7.31. The Bertz CT molecular complexity index is 821. The fourth-order valence-electron chi connectivity index (χ4n) is 2.97. The average molecular weight is 400 g/mol. The zero-order valence-corrected chi connectivity index (χ0v) is 17.4. The summed E-state index contributed by atoms with van der Waals surface area (Å²) in [5.74, 6) is -1.11. The molecule has 1 unspecified atom stereocenters. The molecule has 0 saturated carbocycles. The number of hydrogen-bond donors (Lipinski definition) is 1. The van der Waals surface area contributed by atoms with E-state index in [-0.39, 0.29) is 36.8 Å². The number of carbonyl (C=O) groups excluding carboxylic acids is 2. The number of hydrogen-bond acceptors (Lipinski definition) is 3. The summed E-state index contributed by atoms with van der Waals surface area (Å²) >= 11 is 0. The van der Waals surface area contributed by atoms with Gasteiger partial charge in [0.1, 0.15) is 6.04 Å². The second kappa shape index (κ2) is 10.6. The van der Waals surface area contributed by atoms with Gasteiger partial charge in [-0.1, -0.05) is 48.9 Å². The standard InChI is InChI=1S/C23H29FN2O3/c1-5-20(23(28)25-16(2)3)26(14-18-12-10-17(4)11-13-18)22(27)15-29-21-9-7-6-8-19(21)24/h6-13,16,20H,5,14-15H2,1-4H3,(H,25,28). The smallest absolute Gasteiger partial charge is 0.261 e. The van der Waals surface area contributed by atoms with Gasteiger partial charge in [-0.25, -0.2) is 4.39 Å². The number of nitrogens with zero attached hydrogens (tertiary/aromatic N) is 1. The summed E-state index contributed by atoms with van der Waals surface area (Å²) in [6.07, 6.45) is 0.454. The molecule has 0 fully saturated rings. The molecule has 1 atom stereocenters. The molecule has 0 saturated heterocycles. The molecule has 2 aromatic carbocycles. The molecule has 0 aliphatic rings. The van der Waals surface area contributed by atoms with Crippen molar-refractivity contribution >= 4 is 11.8 Å². The van der Waals surface area contributed by atoms with Gasteiger partial charge in [0.15, 0.2) is 18.2 Å². The molecular formula is C23H29FN2O3. The van der Waals surface area contributed by atoms with Gasteiger partial charge in [0, 0.05) is 12.6 Å². The Morgan fingerprint density at radius 1 is 1.10 bits per heavy atom. The lowest BCUT2D eigenvalue weighted by molar-refractivity contribution is -0.143. The zero-order chi connectivity index (χ0) is 21.4. The molecule has 0 aromatic heterocycles. The van der Waals surface area contributed by atoms with E-state index in [9.17, 15) is 14.0 Å². The average Bonchev–Trinajstić information content (AvgIpc) is 2.68. The first kappa shape index (κ1) is 22.4. The minimum atomic E-state index is -0.643. The maximum atomic E-state index is 13.8. The normalized spacial score (nSPS) is 11.8. The largest absolute Gasteiger partial charge is 0.481 e. The van der Waals surface area contributed by atoms with Crippen molar-refractivity contribution in [1.82, 2.24) is 10.2 Å². The summed E-state index contributed by atoms with van der Waals surface area (Å²) in [6, 6.07) is 13.0. The van der Waals surface area contributed by atoms with Crippen LogP contribution in [0.1, 0.15) is 38.3 Å². The highest BCUT2D eigenvalue weighted by Gasteiger charge is 2.29. The number of carbonyl (C=O) groups is 2. The minimum Gasteiger partial charge on any atom is -0.481 e. The summed E-state index contributed by atoms with van der Waals surface area (Å²) in [7, 11) is 0. The number of ether oxygens (including phenoxy) is 1. The molecule has 29 heavy (non-hydrogen) atoms. The van der Waals surface area contributed by atoms with Gasteiger partial charge in [0.05, 0.1) is 0 Å². The lowest BCUT2D eigenvalue weighted by Gasteiger charge is -2.31. The third kappa shape index (κ3) is 6.59. The van der Waals surface area contributed by atoms with Gasteiger partial charge >= 0.3 is 0 Å². The Morgan fingerprint density at radius 2 is 1.76 bits per heavy atom. The molecule has 2 amide bonds. The third-order valence-corrected chi connectivity index (χ3v) is 4.48. The number of rotatable bonds is 9. The van der Waals surface area contributed by atoms with Gasteiger partial charge in [0.25, 0.3) is 5.91 Å². The Morgan fingerprint density at radius 3 is 2.34 bits per heavy atom. The lowest BCUT2D eigenvalue weighted by Crippen LogP contribution is -2.51. The fourth-order valence-corrected chi connectivity index (χ4v) is 2.97. The number of nitrogens with one attached hydrogen (secondary N) is 1. The van der Waals surface area contributed by atoms with Gasteiger partial charge in [0.2, 0.25) is 5.91 Å². The fraction of sp³-hybridized carbons (Fsp3) is 0.391. The lowest BCUT2D eigenvalue weighted by atomic mass is 10.1. The first-order valence-corrected chi connectivity index (χ1v) is 9.84. The molecule has 0 aliphatic heterocycles. The monoisotopic (exact) mass is 400 g/mol. The van der Waals surface area contributed by atoms with Crippen LogP contribution in [0, 0.1) is 12.7 Å². The van der Waals surface area contributed by atoms with Crippen LogP contribution < -0.4 is 10.1 Å². The second-order valence-electron chi connectivity index (χ2n) is 7.31. The highest BCUT2D eigenvalue weighted by molar-refractivity contribution is 5.88. The minimum absolute atomic E-state index is 0.0100. The van der Waals surface area contributed by atoms with E-state index >= 15 is 0 Å². The van der Waals surface area contributed by atoms with Crippen LogP contribution in [-0.4, -0.2) is 35.4 Å². The van der Waals surface area contributed by atoms with E-state index in [1.165, 1.54) is 17.0 Å². The van der Waals surface area contributed by atoms with Crippen LogP contribution in [0.5, 0.6) is 5.75 Å². The summed E-state index contributed by atoms with van der Waals surface area (Å²) < 4.78 is 19.2. The van der Waals surface area contributed by atoms with E-state index in [2.05, 4.69) is 5.32 Å². The SMILES string of the molecule is CCC(C(=O)NC(C)C)N(Cc1ccc(C)cc1)C(=O)COc1ccccc1F. The first-order chi connectivity index (χ1) is 13.8. The zero-order valence-electron chi connectivity index (χ0n) is 17.4. The molecule has 0 heterocycles.